The van der Waals surface area contributed by atoms with Gasteiger partial charge in [-0.2, -0.15) is 0 Å². The fourth-order valence-corrected chi connectivity index (χ4v) is 2.89. The lowest BCUT2D eigenvalue weighted by Gasteiger charge is -2.22. The lowest BCUT2D eigenvalue weighted by atomic mass is 9.90. The smallest absolute Gasteiger partial charge is 0.225 e. The van der Waals surface area contributed by atoms with Crippen molar-refractivity contribution in [2.75, 3.05) is 25.6 Å². The summed E-state index contributed by atoms with van der Waals surface area (Å²) in [6, 6.07) is 3.71. The van der Waals surface area contributed by atoms with Crippen LogP contribution < -0.4 is 10.1 Å². The number of amides is 1. The highest BCUT2D eigenvalue weighted by Gasteiger charge is 2.15. The zero-order chi connectivity index (χ0) is 16.3. The van der Waals surface area contributed by atoms with Crippen molar-refractivity contribution in [1.82, 2.24) is 4.98 Å². The molecular weight excluding hydrogens is 292 g/mol. The van der Waals surface area contributed by atoms with Crippen LogP contribution in [0.3, 0.4) is 0 Å². The molecule has 2 rings (SSSR count). The van der Waals surface area contributed by atoms with E-state index in [9.17, 15) is 4.79 Å². The Balaban J connectivity index is 1.80. The summed E-state index contributed by atoms with van der Waals surface area (Å²) in [5.74, 6) is 1.80. The third kappa shape index (κ3) is 6.57. The van der Waals surface area contributed by atoms with Crippen LogP contribution in [-0.2, 0) is 9.53 Å². The highest BCUT2D eigenvalue weighted by Crippen LogP contribution is 2.27. The molecule has 1 fully saturated rings. The number of methoxy groups -OCH3 is 1. The molecule has 0 radical (unpaired) electrons. The van der Waals surface area contributed by atoms with Crippen molar-refractivity contribution in [2.45, 2.75) is 51.4 Å². The predicted octanol–water partition coefficient (Wildman–Crippen LogP) is 3.80. The number of anilines is 1. The predicted molar refractivity (Wildman–Crippen MR) is 90.7 cm³/mol. The average molecular weight is 320 g/mol. The topological polar surface area (TPSA) is 60.5 Å². The third-order valence-corrected chi connectivity index (χ3v) is 4.23. The second-order valence-electron chi connectivity index (χ2n) is 6.16. The van der Waals surface area contributed by atoms with Gasteiger partial charge in [-0.05, 0) is 43.7 Å². The number of hydrogen-bond acceptors (Lipinski definition) is 4. The molecule has 1 aromatic heterocycles. The summed E-state index contributed by atoms with van der Waals surface area (Å²) in [5, 5.41) is 2.86. The van der Waals surface area contributed by atoms with Crippen LogP contribution in [0.25, 0.3) is 0 Å². The fraction of sp³-hybridized carbons (Fsp3) is 0.667. The van der Waals surface area contributed by atoms with Crippen molar-refractivity contribution in [2.24, 2.45) is 5.92 Å². The highest BCUT2D eigenvalue weighted by molar-refractivity contribution is 5.90. The molecule has 1 N–H and O–H groups in total. The summed E-state index contributed by atoms with van der Waals surface area (Å²) in [5.41, 5.74) is 0. The molecule has 5 heteroatoms. The Morgan fingerprint density at radius 1 is 1.30 bits per heavy atom. The Hall–Kier alpha value is -1.62. The molecule has 0 atom stereocenters. The number of nitrogens with zero attached hydrogens (tertiary/aromatic N) is 1. The van der Waals surface area contributed by atoms with Gasteiger partial charge in [0.1, 0.15) is 0 Å². The van der Waals surface area contributed by atoms with Crippen molar-refractivity contribution >= 4 is 11.7 Å². The number of aromatic nitrogens is 1. The van der Waals surface area contributed by atoms with Gasteiger partial charge in [0.2, 0.25) is 5.91 Å². The first-order valence-corrected chi connectivity index (χ1v) is 8.66. The molecule has 0 bridgehead atoms. The van der Waals surface area contributed by atoms with Crippen LogP contribution in [0.4, 0.5) is 5.82 Å². The number of rotatable bonds is 9. The third-order valence-electron chi connectivity index (χ3n) is 4.23. The van der Waals surface area contributed by atoms with Gasteiger partial charge in [0.15, 0.2) is 11.6 Å². The highest BCUT2D eigenvalue weighted by atomic mass is 16.5. The van der Waals surface area contributed by atoms with Gasteiger partial charge in [-0.1, -0.05) is 19.3 Å². The molecule has 0 unspecified atom stereocenters. The van der Waals surface area contributed by atoms with Gasteiger partial charge in [0.25, 0.3) is 0 Å². The minimum atomic E-state index is -0.0256. The van der Waals surface area contributed by atoms with Crippen molar-refractivity contribution in [3.63, 3.8) is 0 Å². The summed E-state index contributed by atoms with van der Waals surface area (Å²) >= 11 is 0. The Labute approximate surface area is 138 Å². The maximum Gasteiger partial charge on any atom is 0.225 e. The van der Waals surface area contributed by atoms with E-state index in [2.05, 4.69) is 10.3 Å². The number of unbranched alkanes of at least 4 members (excludes halogenated alkanes) is 1. The number of carbonyl (C=O) groups excluding carboxylic acids is 1. The zero-order valence-corrected chi connectivity index (χ0v) is 14.1. The van der Waals surface area contributed by atoms with Crippen LogP contribution in [0.1, 0.15) is 51.4 Å². The summed E-state index contributed by atoms with van der Waals surface area (Å²) < 4.78 is 10.9. The molecule has 1 aliphatic rings. The van der Waals surface area contributed by atoms with E-state index in [1.54, 1.807) is 13.3 Å². The molecule has 1 aliphatic carbocycles. The molecule has 5 nitrogen and oxygen atoms in total. The summed E-state index contributed by atoms with van der Waals surface area (Å²) in [6.07, 6.45) is 10.3. The second-order valence-corrected chi connectivity index (χ2v) is 6.16. The molecule has 1 saturated carbocycles. The van der Waals surface area contributed by atoms with E-state index in [-0.39, 0.29) is 5.91 Å². The van der Waals surface area contributed by atoms with E-state index < -0.39 is 0 Å². The van der Waals surface area contributed by atoms with Crippen LogP contribution in [0, 0.1) is 5.92 Å². The maximum absolute atomic E-state index is 12.0. The maximum atomic E-state index is 12.0. The van der Waals surface area contributed by atoms with E-state index in [0.717, 1.165) is 12.8 Å². The van der Waals surface area contributed by atoms with Gasteiger partial charge in [0.05, 0.1) is 6.61 Å². The van der Waals surface area contributed by atoms with Crippen molar-refractivity contribution in [3.8, 4) is 5.75 Å². The fourth-order valence-electron chi connectivity index (χ4n) is 2.89. The summed E-state index contributed by atoms with van der Waals surface area (Å²) in [7, 11) is 1.67. The molecule has 128 valence electrons. The van der Waals surface area contributed by atoms with Crippen molar-refractivity contribution in [3.05, 3.63) is 18.3 Å². The first-order chi connectivity index (χ1) is 11.3. The Kier molecular flexibility index (Phi) is 7.87. The van der Waals surface area contributed by atoms with Crippen molar-refractivity contribution < 1.29 is 14.3 Å². The largest absolute Gasteiger partial charge is 0.489 e. The monoisotopic (exact) mass is 320 g/mol. The number of pyridine rings is 1. The van der Waals surface area contributed by atoms with Gasteiger partial charge in [-0.3, -0.25) is 4.79 Å². The molecule has 0 aromatic carbocycles. The Morgan fingerprint density at radius 2 is 2.13 bits per heavy atom. The van der Waals surface area contributed by atoms with E-state index in [1.807, 2.05) is 12.1 Å². The molecule has 23 heavy (non-hydrogen) atoms. The molecule has 1 amide bonds. The minimum absolute atomic E-state index is 0.0256. The molecular formula is C18H28N2O3. The molecule has 0 saturated heterocycles. The Morgan fingerprint density at radius 3 is 2.91 bits per heavy atom. The second kappa shape index (κ2) is 10.2. The van der Waals surface area contributed by atoms with Crippen LogP contribution in [0.5, 0.6) is 5.75 Å². The standard InChI is InChI=1S/C18H28N2O3/c1-22-13-6-5-11-17(21)20-18-16(10-7-12-19-18)23-14-15-8-3-2-4-9-15/h7,10,12,15H,2-6,8-9,11,13-14H2,1H3,(H,19,20,21). The average Bonchev–Trinajstić information content (AvgIpc) is 2.59. The zero-order valence-electron chi connectivity index (χ0n) is 14.1. The normalized spacial score (nSPS) is 15.3. The number of nitrogens with one attached hydrogen (secondary N) is 1. The van der Waals surface area contributed by atoms with Gasteiger partial charge >= 0.3 is 0 Å². The van der Waals surface area contributed by atoms with E-state index >= 15 is 0 Å². The number of ether oxygens (including phenoxy) is 2. The van der Waals surface area contributed by atoms with E-state index in [4.69, 9.17) is 9.47 Å². The summed E-state index contributed by atoms with van der Waals surface area (Å²) in [6.45, 7) is 1.40. The van der Waals surface area contributed by atoms with Gasteiger partial charge in [-0.25, -0.2) is 4.98 Å². The van der Waals surface area contributed by atoms with Gasteiger partial charge in [-0.15, -0.1) is 0 Å². The van der Waals surface area contributed by atoms with Crippen LogP contribution in [0.15, 0.2) is 18.3 Å². The number of hydrogen-bond donors (Lipinski definition) is 1. The lowest BCUT2D eigenvalue weighted by molar-refractivity contribution is -0.116. The lowest BCUT2D eigenvalue weighted by Crippen LogP contribution is -2.17. The minimum Gasteiger partial charge on any atom is -0.489 e. The Bertz CT molecular complexity index is 473. The van der Waals surface area contributed by atoms with Crippen LogP contribution in [0.2, 0.25) is 0 Å². The van der Waals surface area contributed by atoms with E-state index in [0.29, 0.717) is 37.1 Å². The first-order valence-electron chi connectivity index (χ1n) is 8.66. The van der Waals surface area contributed by atoms with Crippen molar-refractivity contribution in [1.29, 1.82) is 0 Å². The van der Waals surface area contributed by atoms with E-state index in [1.165, 1.54) is 32.1 Å². The first kappa shape index (κ1) is 17.7. The molecule has 0 spiro atoms. The SMILES string of the molecule is COCCCCC(=O)Nc1ncccc1OCC1CCCCC1. The number of carbonyl (C=O) groups is 1. The van der Waals surface area contributed by atoms with Gasteiger partial charge < -0.3 is 14.8 Å². The van der Waals surface area contributed by atoms with Crippen LogP contribution in [-0.4, -0.2) is 31.2 Å². The van der Waals surface area contributed by atoms with Gasteiger partial charge in [0, 0.05) is 26.3 Å². The molecule has 1 heterocycles. The molecule has 0 aliphatic heterocycles. The van der Waals surface area contributed by atoms with Crippen LogP contribution >= 0.6 is 0 Å². The quantitative estimate of drug-likeness (QED) is 0.703. The summed E-state index contributed by atoms with van der Waals surface area (Å²) in [4.78, 5) is 16.2. The molecule has 1 aromatic rings.